The zero-order valence-electron chi connectivity index (χ0n) is 8.28. The van der Waals surface area contributed by atoms with Gasteiger partial charge in [0, 0.05) is 41.0 Å². The van der Waals surface area contributed by atoms with Gasteiger partial charge in [0.25, 0.3) is 11.8 Å². The third kappa shape index (κ3) is 2.51. The molecule has 4 nitrogen and oxygen atoms in total. The molecule has 78 valence electrons. The highest BCUT2D eigenvalue weighted by Crippen LogP contribution is 2.11. The minimum Gasteiger partial charge on any atom is -0.275 e. The van der Waals surface area contributed by atoms with Crippen molar-refractivity contribution < 1.29 is 13.8 Å². The molecule has 0 aromatic heterocycles. The predicted octanol–water partition coefficient (Wildman–Crippen LogP) is 0.0701. The Hall–Kier alpha value is -0.970. The lowest BCUT2D eigenvalue weighted by Crippen LogP contribution is -2.32. The number of hydrogen-bond acceptors (Lipinski definition) is 3. The van der Waals surface area contributed by atoms with E-state index in [0.717, 1.165) is 0 Å². The summed E-state index contributed by atoms with van der Waals surface area (Å²) in [7, 11) is -0.863. The van der Waals surface area contributed by atoms with Crippen molar-refractivity contribution in [1.29, 1.82) is 0 Å². The van der Waals surface area contributed by atoms with Crippen LogP contribution in [0.2, 0.25) is 0 Å². The first-order valence-corrected chi connectivity index (χ1v) is 6.09. The van der Waals surface area contributed by atoms with Crippen molar-refractivity contribution in [2.75, 3.05) is 18.6 Å². The third-order valence-corrected chi connectivity index (χ3v) is 2.87. The van der Waals surface area contributed by atoms with Crippen molar-refractivity contribution in [3.05, 3.63) is 11.6 Å². The molecular weight excluding hydrogens is 202 g/mol. The predicted molar refractivity (Wildman–Crippen MR) is 54.0 cm³/mol. The molecule has 1 aliphatic rings. The maximum atomic E-state index is 11.4. The number of carbonyl (C=O) groups excluding carboxylic acids is 2. The van der Waals surface area contributed by atoms with Crippen LogP contribution < -0.4 is 0 Å². The van der Waals surface area contributed by atoms with Gasteiger partial charge in [-0.2, -0.15) is 0 Å². The topological polar surface area (TPSA) is 54.5 Å². The van der Waals surface area contributed by atoms with E-state index in [1.165, 1.54) is 11.0 Å². The smallest absolute Gasteiger partial charge is 0.256 e. The molecule has 0 aromatic carbocycles. The first kappa shape index (κ1) is 11.1. The van der Waals surface area contributed by atoms with Gasteiger partial charge >= 0.3 is 0 Å². The molecule has 14 heavy (non-hydrogen) atoms. The Kier molecular flexibility index (Phi) is 3.57. The molecule has 0 N–H and O–H groups in total. The molecule has 0 fully saturated rings. The maximum absolute atomic E-state index is 11.4. The highest BCUT2D eigenvalue weighted by molar-refractivity contribution is 7.84. The van der Waals surface area contributed by atoms with E-state index >= 15 is 0 Å². The minimum absolute atomic E-state index is 0.225. The molecule has 0 bridgehead atoms. The second kappa shape index (κ2) is 4.50. The molecule has 2 amide bonds. The van der Waals surface area contributed by atoms with Crippen molar-refractivity contribution in [3.63, 3.8) is 0 Å². The number of hydrogen-bond donors (Lipinski definition) is 0. The lowest BCUT2D eigenvalue weighted by Gasteiger charge is -2.13. The van der Waals surface area contributed by atoms with Crippen molar-refractivity contribution in [1.82, 2.24) is 4.90 Å². The van der Waals surface area contributed by atoms with Gasteiger partial charge in [0.15, 0.2) is 0 Å². The summed E-state index contributed by atoms with van der Waals surface area (Å²) in [6, 6.07) is 0. The van der Waals surface area contributed by atoms with Crippen LogP contribution in [0.1, 0.15) is 13.3 Å². The van der Waals surface area contributed by atoms with Gasteiger partial charge in [0.1, 0.15) is 0 Å². The van der Waals surface area contributed by atoms with Gasteiger partial charge < -0.3 is 0 Å². The van der Waals surface area contributed by atoms with Gasteiger partial charge in [-0.25, -0.2) is 0 Å². The van der Waals surface area contributed by atoms with Gasteiger partial charge in [0.2, 0.25) is 0 Å². The van der Waals surface area contributed by atoms with E-state index in [-0.39, 0.29) is 11.8 Å². The Morgan fingerprint density at radius 3 is 2.50 bits per heavy atom. The molecular formula is C9H13NO3S. The van der Waals surface area contributed by atoms with E-state index in [0.29, 0.717) is 24.3 Å². The minimum atomic E-state index is -0.863. The summed E-state index contributed by atoms with van der Waals surface area (Å²) in [6.07, 6.45) is 3.55. The fourth-order valence-electron chi connectivity index (χ4n) is 1.28. The summed E-state index contributed by atoms with van der Waals surface area (Å²) in [6.45, 7) is 1.99. The monoisotopic (exact) mass is 215 g/mol. The average Bonchev–Trinajstić information content (AvgIpc) is 2.31. The van der Waals surface area contributed by atoms with Crippen LogP contribution in [0.15, 0.2) is 11.6 Å². The quantitative estimate of drug-likeness (QED) is 0.624. The molecule has 1 rings (SSSR count). The standard InChI is InChI=1S/C9H13NO3S/c1-7-6-8(11)10(9(7)12)4-3-5-14(2)13/h6H,3-5H2,1-2H3. The molecule has 0 saturated carbocycles. The molecule has 1 aliphatic heterocycles. The number of nitrogens with zero attached hydrogens (tertiary/aromatic N) is 1. The highest BCUT2D eigenvalue weighted by atomic mass is 32.2. The number of imide groups is 1. The Bertz CT molecular complexity index is 322. The summed E-state index contributed by atoms with van der Waals surface area (Å²) in [4.78, 5) is 23.8. The SMILES string of the molecule is CC1=CC(=O)N(CCCS(C)=O)C1=O. The van der Waals surface area contributed by atoms with Gasteiger partial charge in [-0.15, -0.1) is 0 Å². The van der Waals surface area contributed by atoms with Crippen LogP contribution in [0.25, 0.3) is 0 Å². The van der Waals surface area contributed by atoms with Crippen LogP contribution in [0, 0.1) is 0 Å². The van der Waals surface area contributed by atoms with Gasteiger partial charge in [-0.05, 0) is 13.3 Å². The fraction of sp³-hybridized carbons (Fsp3) is 0.556. The van der Waals surface area contributed by atoms with E-state index in [4.69, 9.17) is 0 Å². The summed E-state index contributed by atoms with van der Waals surface area (Å²) in [5, 5.41) is 0. The summed E-state index contributed by atoms with van der Waals surface area (Å²) < 4.78 is 10.8. The molecule has 1 heterocycles. The lowest BCUT2D eigenvalue weighted by atomic mass is 10.3. The van der Waals surface area contributed by atoms with E-state index < -0.39 is 10.8 Å². The Morgan fingerprint density at radius 2 is 2.07 bits per heavy atom. The molecule has 0 radical (unpaired) electrons. The van der Waals surface area contributed by atoms with Crippen molar-refractivity contribution in [3.8, 4) is 0 Å². The van der Waals surface area contributed by atoms with Gasteiger partial charge in [0.05, 0.1) is 0 Å². The van der Waals surface area contributed by atoms with Crippen LogP contribution in [0.3, 0.4) is 0 Å². The normalized spacial score (nSPS) is 18.7. The number of rotatable bonds is 4. The van der Waals surface area contributed by atoms with Crippen LogP contribution in [-0.4, -0.2) is 39.5 Å². The first-order chi connectivity index (χ1) is 6.52. The lowest BCUT2D eigenvalue weighted by molar-refractivity contribution is -0.137. The van der Waals surface area contributed by atoms with E-state index in [1.54, 1.807) is 13.2 Å². The second-order valence-corrected chi connectivity index (χ2v) is 4.81. The Labute approximate surface area is 85.4 Å². The summed E-state index contributed by atoms with van der Waals surface area (Å²) in [5.74, 6) is 0.0436. The first-order valence-electron chi connectivity index (χ1n) is 4.36. The second-order valence-electron chi connectivity index (χ2n) is 3.25. The van der Waals surface area contributed by atoms with Gasteiger partial charge in [-0.1, -0.05) is 0 Å². The molecule has 0 saturated heterocycles. The van der Waals surface area contributed by atoms with E-state index in [2.05, 4.69) is 0 Å². The number of carbonyl (C=O) groups is 2. The molecule has 1 atom stereocenters. The van der Waals surface area contributed by atoms with Crippen LogP contribution in [0.4, 0.5) is 0 Å². The average molecular weight is 215 g/mol. The van der Waals surface area contributed by atoms with Crippen LogP contribution in [0.5, 0.6) is 0 Å². The zero-order valence-corrected chi connectivity index (χ0v) is 9.10. The molecule has 5 heteroatoms. The molecule has 1 unspecified atom stereocenters. The van der Waals surface area contributed by atoms with Crippen molar-refractivity contribution >= 4 is 22.6 Å². The maximum Gasteiger partial charge on any atom is 0.256 e. The zero-order chi connectivity index (χ0) is 10.7. The molecule has 0 aromatic rings. The van der Waals surface area contributed by atoms with Gasteiger partial charge in [-0.3, -0.25) is 18.7 Å². The van der Waals surface area contributed by atoms with Crippen LogP contribution in [-0.2, 0) is 20.4 Å². The highest BCUT2D eigenvalue weighted by Gasteiger charge is 2.27. The summed E-state index contributed by atoms with van der Waals surface area (Å²) in [5.41, 5.74) is 0.479. The molecule has 0 aliphatic carbocycles. The largest absolute Gasteiger partial charge is 0.275 e. The van der Waals surface area contributed by atoms with E-state index in [9.17, 15) is 13.8 Å². The third-order valence-electron chi connectivity index (χ3n) is 2.00. The Morgan fingerprint density at radius 1 is 1.43 bits per heavy atom. The molecule has 0 spiro atoms. The Balaban J connectivity index is 2.44. The summed E-state index contributed by atoms with van der Waals surface area (Å²) >= 11 is 0. The van der Waals surface area contributed by atoms with E-state index in [1.807, 2.05) is 0 Å². The van der Waals surface area contributed by atoms with Crippen molar-refractivity contribution in [2.24, 2.45) is 0 Å². The number of amides is 2. The fourth-order valence-corrected chi connectivity index (χ4v) is 1.81. The van der Waals surface area contributed by atoms with Crippen molar-refractivity contribution in [2.45, 2.75) is 13.3 Å². The van der Waals surface area contributed by atoms with Crippen LogP contribution >= 0.6 is 0 Å².